The summed E-state index contributed by atoms with van der Waals surface area (Å²) in [5.74, 6) is 0.288. The van der Waals surface area contributed by atoms with E-state index in [1.165, 1.54) is 11.1 Å². The maximum atomic E-state index is 12.2. The summed E-state index contributed by atoms with van der Waals surface area (Å²) in [6.07, 6.45) is 3.45. The normalized spacial score (nSPS) is 26.7. The minimum absolute atomic E-state index is 0.0979. The summed E-state index contributed by atoms with van der Waals surface area (Å²) >= 11 is 0. The first-order valence-corrected chi connectivity index (χ1v) is 8.05. The zero-order valence-corrected chi connectivity index (χ0v) is 12.5. The molecule has 22 heavy (non-hydrogen) atoms. The molecule has 2 aliphatic carbocycles. The second-order valence-corrected chi connectivity index (χ2v) is 6.43. The Morgan fingerprint density at radius 2 is 2.09 bits per heavy atom. The van der Waals surface area contributed by atoms with Gasteiger partial charge in [0.05, 0.1) is 19.1 Å². The SMILES string of the molecule is O=C(NCC1CN(C2CCc3ccccc32)C(=O)O1)C1CC1. The molecule has 1 N–H and O–H groups in total. The first-order chi connectivity index (χ1) is 10.7. The Labute approximate surface area is 129 Å². The van der Waals surface area contributed by atoms with Crippen molar-refractivity contribution in [2.24, 2.45) is 5.92 Å². The average Bonchev–Trinajstić information content (AvgIpc) is 3.20. The van der Waals surface area contributed by atoms with Crippen molar-refractivity contribution in [2.45, 2.75) is 37.8 Å². The van der Waals surface area contributed by atoms with Gasteiger partial charge in [-0.1, -0.05) is 24.3 Å². The van der Waals surface area contributed by atoms with E-state index in [9.17, 15) is 9.59 Å². The van der Waals surface area contributed by atoms with Gasteiger partial charge in [0.25, 0.3) is 0 Å². The van der Waals surface area contributed by atoms with Gasteiger partial charge < -0.3 is 10.1 Å². The first-order valence-electron chi connectivity index (χ1n) is 8.05. The molecule has 2 fully saturated rings. The van der Waals surface area contributed by atoms with Crippen LogP contribution in [0.3, 0.4) is 0 Å². The minimum atomic E-state index is -0.257. The molecule has 116 valence electrons. The Bertz CT molecular complexity index is 612. The van der Waals surface area contributed by atoms with E-state index in [4.69, 9.17) is 4.74 Å². The van der Waals surface area contributed by atoms with E-state index < -0.39 is 0 Å². The lowest BCUT2D eigenvalue weighted by molar-refractivity contribution is -0.122. The standard InChI is InChI=1S/C17H20N2O3/c20-16(12-5-6-12)18-9-13-10-19(17(21)22-13)15-8-7-11-3-1-2-4-14(11)15/h1-4,12-13,15H,5-10H2,(H,18,20). The second-order valence-electron chi connectivity index (χ2n) is 6.43. The van der Waals surface area contributed by atoms with Crippen LogP contribution in [0.5, 0.6) is 0 Å². The van der Waals surface area contributed by atoms with Crippen LogP contribution in [0.25, 0.3) is 0 Å². The van der Waals surface area contributed by atoms with Crippen molar-refractivity contribution in [2.75, 3.05) is 13.1 Å². The molecule has 5 nitrogen and oxygen atoms in total. The predicted octanol–water partition coefficient (Wildman–Crippen LogP) is 2.02. The highest BCUT2D eigenvalue weighted by atomic mass is 16.6. The summed E-state index contributed by atoms with van der Waals surface area (Å²) in [7, 11) is 0. The Balaban J connectivity index is 1.39. The van der Waals surface area contributed by atoms with E-state index in [0.29, 0.717) is 13.1 Å². The molecule has 2 atom stereocenters. The maximum Gasteiger partial charge on any atom is 0.410 e. The zero-order valence-electron chi connectivity index (χ0n) is 12.5. The molecular weight excluding hydrogens is 280 g/mol. The summed E-state index contributed by atoms with van der Waals surface area (Å²) in [5.41, 5.74) is 2.56. The molecule has 1 aromatic rings. The number of amides is 2. The molecule has 5 heteroatoms. The van der Waals surface area contributed by atoms with Gasteiger partial charge in [0.1, 0.15) is 6.10 Å². The maximum absolute atomic E-state index is 12.2. The van der Waals surface area contributed by atoms with Crippen LogP contribution >= 0.6 is 0 Å². The van der Waals surface area contributed by atoms with Crippen molar-refractivity contribution in [1.29, 1.82) is 0 Å². The lowest BCUT2D eigenvalue weighted by atomic mass is 10.1. The lowest BCUT2D eigenvalue weighted by Gasteiger charge is -2.22. The van der Waals surface area contributed by atoms with Gasteiger partial charge in [-0.3, -0.25) is 9.69 Å². The molecule has 0 spiro atoms. The summed E-state index contributed by atoms with van der Waals surface area (Å²) in [6.45, 7) is 0.981. The number of aryl methyl sites for hydroxylation is 1. The Kier molecular flexibility index (Phi) is 3.28. The topological polar surface area (TPSA) is 58.6 Å². The van der Waals surface area contributed by atoms with Gasteiger partial charge >= 0.3 is 6.09 Å². The van der Waals surface area contributed by atoms with Gasteiger partial charge in [0, 0.05) is 5.92 Å². The van der Waals surface area contributed by atoms with Gasteiger partial charge in [-0.2, -0.15) is 0 Å². The number of cyclic esters (lactones) is 1. The molecule has 1 saturated carbocycles. The van der Waals surface area contributed by atoms with Gasteiger partial charge in [-0.25, -0.2) is 4.79 Å². The Morgan fingerprint density at radius 1 is 1.27 bits per heavy atom. The highest BCUT2D eigenvalue weighted by molar-refractivity contribution is 5.81. The van der Waals surface area contributed by atoms with Crippen molar-refractivity contribution in [3.8, 4) is 0 Å². The van der Waals surface area contributed by atoms with Gasteiger partial charge in [0.15, 0.2) is 0 Å². The largest absolute Gasteiger partial charge is 0.442 e. The molecule has 1 saturated heterocycles. The van der Waals surface area contributed by atoms with Crippen molar-refractivity contribution >= 4 is 12.0 Å². The number of hydrogen-bond acceptors (Lipinski definition) is 3. The monoisotopic (exact) mass is 300 g/mol. The van der Waals surface area contributed by atoms with E-state index in [0.717, 1.165) is 25.7 Å². The van der Waals surface area contributed by atoms with Crippen molar-refractivity contribution in [3.05, 3.63) is 35.4 Å². The van der Waals surface area contributed by atoms with Crippen LogP contribution in [-0.2, 0) is 16.0 Å². The van der Waals surface area contributed by atoms with Gasteiger partial charge in [-0.05, 0) is 36.8 Å². The highest BCUT2D eigenvalue weighted by Gasteiger charge is 2.39. The van der Waals surface area contributed by atoms with Gasteiger partial charge in [-0.15, -0.1) is 0 Å². The van der Waals surface area contributed by atoms with E-state index in [-0.39, 0.29) is 30.1 Å². The molecule has 0 radical (unpaired) electrons. The number of rotatable bonds is 4. The minimum Gasteiger partial charge on any atom is -0.442 e. The average molecular weight is 300 g/mol. The fourth-order valence-electron chi connectivity index (χ4n) is 3.46. The number of nitrogens with one attached hydrogen (secondary N) is 1. The summed E-state index contributed by atoms with van der Waals surface area (Å²) in [4.78, 5) is 25.7. The molecule has 0 aromatic heterocycles. The Morgan fingerprint density at radius 3 is 2.91 bits per heavy atom. The third-order valence-corrected chi connectivity index (χ3v) is 4.83. The van der Waals surface area contributed by atoms with Crippen LogP contribution in [0.4, 0.5) is 4.79 Å². The van der Waals surface area contributed by atoms with Crippen LogP contribution < -0.4 is 5.32 Å². The highest BCUT2D eigenvalue weighted by Crippen LogP contribution is 2.37. The lowest BCUT2D eigenvalue weighted by Crippen LogP contribution is -2.35. The first kappa shape index (κ1) is 13.6. The zero-order chi connectivity index (χ0) is 15.1. The summed E-state index contributed by atoms with van der Waals surface area (Å²) in [5, 5.41) is 2.89. The predicted molar refractivity (Wildman–Crippen MR) is 80.2 cm³/mol. The number of nitrogens with zero attached hydrogens (tertiary/aromatic N) is 1. The summed E-state index contributed by atoms with van der Waals surface area (Å²) < 4.78 is 5.42. The molecule has 1 aliphatic heterocycles. The Hall–Kier alpha value is -2.04. The van der Waals surface area contributed by atoms with E-state index in [1.54, 1.807) is 0 Å². The van der Waals surface area contributed by atoms with Crippen LogP contribution in [0.1, 0.15) is 36.4 Å². The molecule has 4 rings (SSSR count). The third kappa shape index (κ3) is 2.45. The van der Waals surface area contributed by atoms with Crippen molar-refractivity contribution in [1.82, 2.24) is 10.2 Å². The molecular formula is C17H20N2O3. The van der Waals surface area contributed by atoms with E-state index >= 15 is 0 Å². The van der Waals surface area contributed by atoms with Crippen molar-refractivity contribution < 1.29 is 14.3 Å². The third-order valence-electron chi connectivity index (χ3n) is 4.83. The van der Waals surface area contributed by atoms with E-state index in [1.807, 2.05) is 17.0 Å². The molecule has 2 amide bonds. The van der Waals surface area contributed by atoms with E-state index in [2.05, 4.69) is 17.4 Å². The molecule has 1 heterocycles. The molecule has 3 aliphatic rings. The smallest absolute Gasteiger partial charge is 0.410 e. The molecule has 0 bridgehead atoms. The number of ether oxygens (including phenoxy) is 1. The van der Waals surface area contributed by atoms with Crippen LogP contribution in [0.2, 0.25) is 0 Å². The molecule has 2 unspecified atom stereocenters. The quantitative estimate of drug-likeness (QED) is 0.925. The number of hydrogen-bond donors (Lipinski definition) is 1. The van der Waals surface area contributed by atoms with Crippen LogP contribution in [-0.4, -0.2) is 36.1 Å². The fraction of sp³-hybridized carbons (Fsp3) is 0.529. The van der Waals surface area contributed by atoms with Crippen molar-refractivity contribution in [3.63, 3.8) is 0 Å². The number of benzene rings is 1. The van der Waals surface area contributed by atoms with Gasteiger partial charge in [0.2, 0.25) is 5.91 Å². The fourth-order valence-corrected chi connectivity index (χ4v) is 3.46. The molecule has 1 aromatic carbocycles. The number of carbonyl (C=O) groups excluding carboxylic acids is 2. The number of carbonyl (C=O) groups is 2. The number of fused-ring (bicyclic) bond motifs is 1. The van der Waals surface area contributed by atoms with Crippen LogP contribution in [0, 0.1) is 5.92 Å². The summed E-state index contributed by atoms with van der Waals surface area (Å²) in [6, 6.07) is 8.41. The van der Waals surface area contributed by atoms with Crippen LogP contribution in [0.15, 0.2) is 24.3 Å². The second kappa shape index (κ2) is 5.30.